The van der Waals surface area contributed by atoms with Gasteiger partial charge < -0.3 is 9.15 Å². The van der Waals surface area contributed by atoms with Crippen molar-refractivity contribution in [2.45, 2.75) is 44.9 Å². The lowest BCUT2D eigenvalue weighted by Gasteiger charge is -2.06. The van der Waals surface area contributed by atoms with Crippen molar-refractivity contribution >= 4 is 28.3 Å². The molecule has 2 heterocycles. The van der Waals surface area contributed by atoms with Crippen molar-refractivity contribution in [1.29, 1.82) is 0 Å². The molecule has 0 fully saturated rings. The molecule has 1 N–H and O–H groups in total. The van der Waals surface area contributed by atoms with E-state index in [2.05, 4.69) is 15.0 Å². The van der Waals surface area contributed by atoms with E-state index >= 15 is 0 Å². The van der Waals surface area contributed by atoms with Gasteiger partial charge in [0.1, 0.15) is 12.2 Å². The topological polar surface area (TPSA) is 81.4 Å². The summed E-state index contributed by atoms with van der Waals surface area (Å²) in [7, 11) is 1.30. The molecule has 2 aromatic heterocycles. The van der Waals surface area contributed by atoms with Crippen LogP contribution >= 0.6 is 11.3 Å². The van der Waals surface area contributed by atoms with Crippen LogP contribution in [0.5, 0.6) is 0 Å². The first-order valence-corrected chi connectivity index (χ1v) is 8.92. The van der Waals surface area contributed by atoms with E-state index in [1.807, 2.05) is 0 Å². The second kappa shape index (κ2) is 7.61. The van der Waals surface area contributed by atoms with Crippen molar-refractivity contribution in [1.82, 2.24) is 4.98 Å². The van der Waals surface area contributed by atoms with Crippen molar-refractivity contribution in [3.63, 3.8) is 0 Å². The second-order valence-electron chi connectivity index (χ2n) is 5.77. The summed E-state index contributed by atoms with van der Waals surface area (Å²) < 4.78 is 9.85. The van der Waals surface area contributed by atoms with Crippen LogP contribution in [0.2, 0.25) is 0 Å². The number of carbonyl (C=O) groups is 2. The monoisotopic (exact) mass is 348 g/mol. The van der Waals surface area contributed by atoms with Crippen LogP contribution in [0.1, 0.15) is 52.4 Å². The maximum atomic E-state index is 12.5. The van der Waals surface area contributed by atoms with Crippen molar-refractivity contribution in [2.75, 3.05) is 12.4 Å². The Morgan fingerprint density at radius 3 is 2.88 bits per heavy atom. The number of methoxy groups -OCH3 is 1. The SMILES string of the molecule is COC(=O)Cc1occc1C(=O)Nc1nc2c(s1)CCCCCC2. The Hall–Kier alpha value is -2.15. The standard InChI is InChI=1S/C17H20N2O4S/c1-22-15(20)10-13-11(8-9-23-13)16(21)19-17-18-12-6-4-2-3-5-7-14(12)24-17/h8-9H,2-7,10H2,1H3,(H,18,19,21). The highest BCUT2D eigenvalue weighted by atomic mass is 32.1. The van der Waals surface area contributed by atoms with Crippen molar-refractivity contribution in [2.24, 2.45) is 0 Å². The number of rotatable bonds is 4. The van der Waals surface area contributed by atoms with Crippen LogP contribution < -0.4 is 5.32 Å². The lowest BCUT2D eigenvalue weighted by atomic mass is 10.0. The van der Waals surface area contributed by atoms with Crippen LogP contribution in [0.15, 0.2) is 16.7 Å². The molecule has 0 bridgehead atoms. The van der Waals surface area contributed by atoms with Gasteiger partial charge in [-0.1, -0.05) is 12.8 Å². The molecule has 0 saturated heterocycles. The fraction of sp³-hybridized carbons (Fsp3) is 0.471. The molecule has 24 heavy (non-hydrogen) atoms. The Kier molecular flexibility index (Phi) is 5.30. The molecule has 0 aliphatic heterocycles. The van der Waals surface area contributed by atoms with Crippen LogP contribution in [-0.2, 0) is 28.8 Å². The van der Waals surface area contributed by atoms with Crippen molar-refractivity contribution in [3.05, 3.63) is 34.2 Å². The summed E-state index contributed by atoms with van der Waals surface area (Å²) in [5, 5.41) is 3.44. The number of nitrogens with zero attached hydrogens (tertiary/aromatic N) is 1. The first-order chi connectivity index (χ1) is 11.7. The minimum Gasteiger partial charge on any atom is -0.469 e. The van der Waals surface area contributed by atoms with E-state index in [1.54, 1.807) is 17.4 Å². The van der Waals surface area contributed by atoms with Crippen molar-refractivity contribution < 1.29 is 18.7 Å². The summed E-state index contributed by atoms with van der Waals surface area (Å²) in [5.41, 5.74) is 1.44. The number of thiazole rings is 1. The Balaban J connectivity index is 1.72. The summed E-state index contributed by atoms with van der Waals surface area (Å²) in [6.45, 7) is 0. The summed E-state index contributed by atoms with van der Waals surface area (Å²) in [6.07, 6.45) is 8.15. The number of furan rings is 1. The number of aryl methyl sites for hydroxylation is 2. The van der Waals surface area contributed by atoms with E-state index in [9.17, 15) is 9.59 Å². The maximum Gasteiger partial charge on any atom is 0.313 e. The highest BCUT2D eigenvalue weighted by Crippen LogP contribution is 2.29. The lowest BCUT2D eigenvalue weighted by Crippen LogP contribution is -2.14. The molecular weight excluding hydrogens is 328 g/mol. The molecule has 1 aliphatic rings. The Morgan fingerprint density at radius 1 is 1.29 bits per heavy atom. The fourth-order valence-electron chi connectivity index (χ4n) is 2.81. The number of fused-ring (bicyclic) bond motifs is 1. The zero-order valence-corrected chi connectivity index (χ0v) is 14.4. The molecule has 6 nitrogen and oxygen atoms in total. The minimum atomic E-state index is -0.448. The summed E-state index contributed by atoms with van der Waals surface area (Å²) >= 11 is 1.54. The van der Waals surface area contributed by atoms with Gasteiger partial charge in [-0.05, 0) is 31.7 Å². The molecule has 0 saturated carbocycles. The molecule has 128 valence electrons. The second-order valence-corrected chi connectivity index (χ2v) is 6.85. The van der Waals surface area contributed by atoms with E-state index in [4.69, 9.17) is 4.42 Å². The summed E-state index contributed by atoms with van der Waals surface area (Å²) in [5.74, 6) is -0.463. The van der Waals surface area contributed by atoms with Crippen LogP contribution in [-0.4, -0.2) is 24.0 Å². The average Bonchev–Trinajstić information content (AvgIpc) is 3.14. The van der Waals surface area contributed by atoms with Gasteiger partial charge in [0.2, 0.25) is 0 Å². The molecule has 2 aromatic rings. The number of amides is 1. The third-order valence-corrected chi connectivity index (χ3v) is 5.16. The molecule has 0 atom stereocenters. The molecule has 1 aliphatic carbocycles. The highest BCUT2D eigenvalue weighted by molar-refractivity contribution is 7.15. The number of carbonyl (C=O) groups excluding carboxylic acids is 2. The number of ether oxygens (including phenoxy) is 1. The van der Waals surface area contributed by atoms with Gasteiger partial charge in [-0.15, -0.1) is 11.3 Å². The number of esters is 1. The summed E-state index contributed by atoms with van der Waals surface area (Å²) in [4.78, 5) is 29.7. The number of anilines is 1. The average molecular weight is 348 g/mol. The summed E-state index contributed by atoms with van der Waals surface area (Å²) in [6, 6.07) is 1.55. The van der Waals surface area contributed by atoms with Gasteiger partial charge in [0.05, 0.1) is 24.6 Å². The molecular formula is C17H20N2O4S. The molecule has 1 amide bonds. The zero-order valence-electron chi connectivity index (χ0n) is 13.6. The molecule has 0 radical (unpaired) electrons. The largest absolute Gasteiger partial charge is 0.469 e. The van der Waals surface area contributed by atoms with Gasteiger partial charge >= 0.3 is 5.97 Å². The number of hydrogen-bond acceptors (Lipinski definition) is 6. The van der Waals surface area contributed by atoms with E-state index in [1.165, 1.54) is 37.5 Å². The van der Waals surface area contributed by atoms with Gasteiger partial charge in [-0.3, -0.25) is 14.9 Å². The normalized spacial score (nSPS) is 14.4. The third-order valence-electron chi connectivity index (χ3n) is 4.09. The third kappa shape index (κ3) is 3.84. The van der Waals surface area contributed by atoms with Crippen LogP contribution in [0.4, 0.5) is 5.13 Å². The van der Waals surface area contributed by atoms with E-state index in [-0.39, 0.29) is 12.3 Å². The predicted octanol–water partition coefficient (Wildman–Crippen LogP) is 3.36. The molecule has 7 heteroatoms. The number of hydrogen-bond donors (Lipinski definition) is 1. The van der Waals surface area contributed by atoms with Crippen LogP contribution in [0, 0.1) is 0 Å². The van der Waals surface area contributed by atoms with Gasteiger partial charge in [0.15, 0.2) is 5.13 Å². The smallest absolute Gasteiger partial charge is 0.313 e. The quantitative estimate of drug-likeness (QED) is 0.857. The van der Waals surface area contributed by atoms with Gasteiger partial charge in [0.25, 0.3) is 5.91 Å². The van der Waals surface area contributed by atoms with Gasteiger partial charge in [0, 0.05) is 4.88 Å². The van der Waals surface area contributed by atoms with E-state index < -0.39 is 5.97 Å². The van der Waals surface area contributed by atoms with E-state index in [0.29, 0.717) is 16.5 Å². The molecule has 0 aromatic carbocycles. The molecule has 0 unspecified atom stereocenters. The van der Waals surface area contributed by atoms with Crippen molar-refractivity contribution in [3.8, 4) is 0 Å². The highest BCUT2D eigenvalue weighted by Gasteiger charge is 2.20. The number of aromatic nitrogens is 1. The zero-order chi connectivity index (χ0) is 16.9. The van der Waals surface area contributed by atoms with Crippen LogP contribution in [0.3, 0.4) is 0 Å². The maximum absolute atomic E-state index is 12.5. The number of nitrogens with one attached hydrogen (secondary N) is 1. The lowest BCUT2D eigenvalue weighted by molar-refractivity contribution is -0.140. The van der Waals surface area contributed by atoms with Crippen LogP contribution in [0.25, 0.3) is 0 Å². The van der Waals surface area contributed by atoms with Gasteiger partial charge in [-0.25, -0.2) is 4.98 Å². The van der Waals surface area contributed by atoms with Gasteiger partial charge in [-0.2, -0.15) is 0 Å². The molecule has 3 rings (SSSR count). The Bertz CT molecular complexity index is 709. The molecule has 0 spiro atoms. The fourth-order valence-corrected chi connectivity index (χ4v) is 3.85. The Labute approximate surface area is 144 Å². The Morgan fingerprint density at radius 2 is 2.08 bits per heavy atom. The first kappa shape index (κ1) is 16.7. The van der Waals surface area contributed by atoms with E-state index in [0.717, 1.165) is 25.0 Å². The first-order valence-electron chi connectivity index (χ1n) is 8.10. The minimum absolute atomic E-state index is 0.0688. The predicted molar refractivity (Wildman–Crippen MR) is 90.4 cm³/mol.